The molecule has 5 N–H and O–H groups in total. The van der Waals surface area contributed by atoms with Crippen LogP contribution in [0.25, 0.3) is 0 Å². The number of amides is 1. The number of carboxylic acids is 1. The normalized spacial score (nSPS) is 19.7. The molecule has 1 aliphatic heterocycles. The first-order chi connectivity index (χ1) is 7.99. The minimum absolute atomic E-state index is 0.0995. The third-order valence-electron chi connectivity index (χ3n) is 2.72. The van der Waals surface area contributed by atoms with Crippen molar-refractivity contribution in [2.45, 2.75) is 12.5 Å². The molecule has 1 aromatic rings. The van der Waals surface area contributed by atoms with Crippen molar-refractivity contribution in [2.24, 2.45) is 5.73 Å². The molecule has 1 aliphatic rings. The van der Waals surface area contributed by atoms with Crippen molar-refractivity contribution in [3.8, 4) is 0 Å². The van der Waals surface area contributed by atoms with Gasteiger partial charge in [-0.15, -0.1) is 0 Å². The Kier molecular flexibility index (Phi) is 2.72. The van der Waals surface area contributed by atoms with Crippen molar-refractivity contribution in [2.75, 3.05) is 17.2 Å². The average Bonchev–Trinajstić information content (AvgIpc) is 2.58. The van der Waals surface area contributed by atoms with Crippen LogP contribution in [0.1, 0.15) is 16.8 Å². The van der Waals surface area contributed by atoms with Crippen LogP contribution in [0.15, 0.2) is 18.2 Å². The van der Waals surface area contributed by atoms with Crippen molar-refractivity contribution in [1.82, 2.24) is 0 Å². The number of hydrogen-bond acceptors (Lipinski definition) is 4. The summed E-state index contributed by atoms with van der Waals surface area (Å²) in [4.78, 5) is 24.0. The maximum Gasteiger partial charge on any atom is 0.335 e. The Balaban J connectivity index is 2.41. The van der Waals surface area contributed by atoms with Gasteiger partial charge in [0, 0.05) is 19.0 Å². The molecule has 2 rings (SSSR count). The summed E-state index contributed by atoms with van der Waals surface area (Å²) in [5, 5.41) is 8.89. The molecule has 1 aromatic carbocycles. The molecule has 6 nitrogen and oxygen atoms in total. The van der Waals surface area contributed by atoms with Crippen LogP contribution < -0.4 is 16.4 Å². The summed E-state index contributed by atoms with van der Waals surface area (Å²) in [6.45, 7) is 0.367. The van der Waals surface area contributed by atoms with Gasteiger partial charge in [0.15, 0.2) is 0 Å². The fourth-order valence-corrected chi connectivity index (χ4v) is 1.88. The van der Waals surface area contributed by atoms with Gasteiger partial charge in [0.2, 0.25) is 5.91 Å². The number of rotatable bonds is 2. The summed E-state index contributed by atoms with van der Waals surface area (Å²) in [5.74, 6) is -1.19. The molecule has 1 unspecified atom stereocenters. The van der Waals surface area contributed by atoms with Gasteiger partial charge in [0.25, 0.3) is 0 Å². The Hall–Kier alpha value is -2.08. The topological polar surface area (TPSA) is 110 Å². The Labute approximate surface area is 97.8 Å². The Morgan fingerprint density at radius 1 is 1.47 bits per heavy atom. The summed E-state index contributed by atoms with van der Waals surface area (Å²) in [7, 11) is 0. The van der Waals surface area contributed by atoms with Gasteiger partial charge < -0.3 is 21.5 Å². The number of hydrogen-bond donors (Lipinski definition) is 3. The molecule has 1 saturated heterocycles. The van der Waals surface area contributed by atoms with Gasteiger partial charge in [-0.3, -0.25) is 4.79 Å². The largest absolute Gasteiger partial charge is 0.478 e. The predicted molar refractivity (Wildman–Crippen MR) is 62.8 cm³/mol. The average molecular weight is 235 g/mol. The van der Waals surface area contributed by atoms with Crippen LogP contribution >= 0.6 is 0 Å². The summed E-state index contributed by atoms with van der Waals surface area (Å²) in [5.41, 5.74) is 12.3. The number of nitrogens with zero attached hydrogens (tertiary/aromatic N) is 1. The SMILES string of the molecule is Nc1ccc(C(=O)O)cc1N1CC(N)CC1=O. The zero-order chi connectivity index (χ0) is 12.6. The molecule has 1 amide bonds. The standard InChI is InChI=1S/C11H13N3O3/c12-7-4-10(15)14(5-7)9-3-6(11(16)17)1-2-8(9)13/h1-3,7H,4-5,12-13H2,(H,16,17). The van der Waals surface area contributed by atoms with Crippen LogP contribution in [0, 0.1) is 0 Å². The fraction of sp³-hybridized carbons (Fsp3) is 0.273. The van der Waals surface area contributed by atoms with Gasteiger partial charge in [-0.2, -0.15) is 0 Å². The molecular weight excluding hydrogens is 222 g/mol. The van der Waals surface area contributed by atoms with Gasteiger partial charge in [0.05, 0.1) is 16.9 Å². The lowest BCUT2D eigenvalue weighted by molar-refractivity contribution is -0.117. The molecule has 0 spiro atoms. The van der Waals surface area contributed by atoms with E-state index in [-0.39, 0.29) is 23.9 Å². The van der Waals surface area contributed by atoms with Gasteiger partial charge >= 0.3 is 5.97 Å². The van der Waals surface area contributed by atoms with E-state index in [2.05, 4.69) is 0 Å². The molecule has 90 valence electrons. The smallest absolute Gasteiger partial charge is 0.335 e. The van der Waals surface area contributed by atoms with Crippen LogP contribution in [-0.4, -0.2) is 29.6 Å². The highest BCUT2D eigenvalue weighted by atomic mass is 16.4. The Morgan fingerprint density at radius 2 is 2.18 bits per heavy atom. The van der Waals surface area contributed by atoms with E-state index in [1.165, 1.54) is 23.1 Å². The molecule has 6 heteroatoms. The van der Waals surface area contributed by atoms with E-state index in [4.69, 9.17) is 16.6 Å². The first kappa shape index (κ1) is 11.4. The van der Waals surface area contributed by atoms with Crippen molar-refractivity contribution < 1.29 is 14.7 Å². The van der Waals surface area contributed by atoms with Crippen LogP contribution in [0.3, 0.4) is 0 Å². The molecule has 1 atom stereocenters. The minimum atomic E-state index is -1.05. The summed E-state index contributed by atoms with van der Waals surface area (Å²) in [6.07, 6.45) is 0.261. The number of nitrogens with two attached hydrogens (primary N) is 2. The quantitative estimate of drug-likeness (QED) is 0.626. The highest BCUT2D eigenvalue weighted by Gasteiger charge is 2.29. The second-order valence-corrected chi connectivity index (χ2v) is 4.05. The van der Waals surface area contributed by atoms with E-state index in [0.717, 1.165) is 0 Å². The van der Waals surface area contributed by atoms with E-state index in [1.54, 1.807) is 0 Å². The monoisotopic (exact) mass is 235 g/mol. The van der Waals surface area contributed by atoms with Crippen LogP contribution in [0.5, 0.6) is 0 Å². The summed E-state index contributed by atoms with van der Waals surface area (Å²) < 4.78 is 0. The molecule has 1 fully saturated rings. The molecule has 0 aliphatic carbocycles. The van der Waals surface area contributed by atoms with Gasteiger partial charge in [-0.25, -0.2) is 4.79 Å². The van der Waals surface area contributed by atoms with E-state index in [9.17, 15) is 9.59 Å². The molecule has 0 radical (unpaired) electrons. The van der Waals surface area contributed by atoms with Crippen LogP contribution in [-0.2, 0) is 4.79 Å². The fourth-order valence-electron chi connectivity index (χ4n) is 1.88. The predicted octanol–water partition coefficient (Wildman–Crippen LogP) is 0.0310. The number of benzene rings is 1. The number of carbonyl (C=O) groups is 2. The lowest BCUT2D eigenvalue weighted by atomic mass is 10.1. The summed E-state index contributed by atoms with van der Waals surface area (Å²) in [6, 6.07) is 4.06. The lowest BCUT2D eigenvalue weighted by Crippen LogP contribution is -2.28. The second kappa shape index (κ2) is 4.06. The van der Waals surface area contributed by atoms with Gasteiger partial charge in [0.1, 0.15) is 0 Å². The molecule has 0 aromatic heterocycles. The Morgan fingerprint density at radius 3 is 2.71 bits per heavy atom. The van der Waals surface area contributed by atoms with Crippen LogP contribution in [0.2, 0.25) is 0 Å². The highest BCUT2D eigenvalue weighted by molar-refractivity contribution is 6.00. The first-order valence-corrected chi connectivity index (χ1v) is 5.18. The highest BCUT2D eigenvalue weighted by Crippen LogP contribution is 2.28. The maximum absolute atomic E-state index is 11.7. The zero-order valence-corrected chi connectivity index (χ0v) is 9.09. The van der Waals surface area contributed by atoms with Gasteiger partial charge in [-0.05, 0) is 18.2 Å². The number of anilines is 2. The van der Waals surface area contributed by atoms with Crippen molar-refractivity contribution in [3.63, 3.8) is 0 Å². The minimum Gasteiger partial charge on any atom is -0.478 e. The molecule has 0 bridgehead atoms. The number of aromatic carboxylic acids is 1. The third kappa shape index (κ3) is 2.07. The molecule has 1 heterocycles. The van der Waals surface area contributed by atoms with Crippen LogP contribution in [0.4, 0.5) is 11.4 Å². The van der Waals surface area contributed by atoms with E-state index >= 15 is 0 Å². The summed E-state index contributed by atoms with van der Waals surface area (Å²) >= 11 is 0. The molecule has 0 saturated carbocycles. The lowest BCUT2D eigenvalue weighted by Gasteiger charge is -2.18. The first-order valence-electron chi connectivity index (χ1n) is 5.18. The number of nitrogen functional groups attached to an aromatic ring is 1. The van der Waals surface area contributed by atoms with Crippen molar-refractivity contribution in [3.05, 3.63) is 23.8 Å². The van der Waals surface area contributed by atoms with Crippen molar-refractivity contribution >= 4 is 23.3 Å². The Bertz CT molecular complexity index is 487. The number of carboxylic acid groups (broad SMARTS) is 1. The zero-order valence-electron chi connectivity index (χ0n) is 9.09. The third-order valence-corrected chi connectivity index (χ3v) is 2.72. The van der Waals surface area contributed by atoms with E-state index in [1.807, 2.05) is 0 Å². The van der Waals surface area contributed by atoms with E-state index < -0.39 is 5.97 Å². The maximum atomic E-state index is 11.7. The van der Waals surface area contributed by atoms with E-state index in [0.29, 0.717) is 17.9 Å². The number of carbonyl (C=O) groups excluding carboxylic acids is 1. The molecular formula is C11H13N3O3. The van der Waals surface area contributed by atoms with Crippen molar-refractivity contribution in [1.29, 1.82) is 0 Å². The van der Waals surface area contributed by atoms with Gasteiger partial charge in [-0.1, -0.05) is 0 Å². The second-order valence-electron chi connectivity index (χ2n) is 4.05. The molecule has 17 heavy (non-hydrogen) atoms.